The van der Waals surface area contributed by atoms with Crippen LogP contribution in [0.4, 0.5) is 0 Å². The van der Waals surface area contributed by atoms with Crippen LogP contribution >= 0.6 is 0 Å². The SMILES string of the molecule is CN(C)C1CCN(C(CC(=N)N)c2ccccc2)C1. The average molecular weight is 260 g/mol. The van der Waals surface area contributed by atoms with Crippen LogP contribution in [-0.4, -0.2) is 48.9 Å². The summed E-state index contributed by atoms with van der Waals surface area (Å²) in [6.07, 6.45) is 1.80. The highest BCUT2D eigenvalue weighted by Crippen LogP contribution is 2.28. The third-order valence-corrected chi connectivity index (χ3v) is 3.96. The molecule has 1 aliphatic rings. The molecular formula is C15H24N4. The summed E-state index contributed by atoms with van der Waals surface area (Å²) in [5.41, 5.74) is 6.90. The van der Waals surface area contributed by atoms with Crippen LogP contribution in [-0.2, 0) is 0 Å². The summed E-state index contributed by atoms with van der Waals surface area (Å²) in [7, 11) is 4.27. The van der Waals surface area contributed by atoms with Crippen molar-refractivity contribution in [3.63, 3.8) is 0 Å². The first kappa shape index (κ1) is 14.0. The maximum Gasteiger partial charge on any atom is 0.0924 e. The minimum atomic E-state index is 0.239. The van der Waals surface area contributed by atoms with E-state index < -0.39 is 0 Å². The Morgan fingerprint density at radius 3 is 2.63 bits per heavy atom. The molecule has 0 amide bonds. The van der Waals surface area contributed by atoms with E-state index >= 15 is 0 Å². The zero-order valence-corrected chi connectivity index (χ0v) is 11.8. The van der Waals surface area contributed by atoms with E-state index in [1.54, 1.807) is 0 Å². The van der Waals surface area contributed by atoms with Gasteiger partial charge in [0.15, 0.2) is 0 Å². The zero-order chi connectivity index (χ0) is 13.8. The van der Waals surface area contributed by atoms with Gasteiger partial charge in [0.2, 0.25) is 0 Å². The van der Waals surface area contributed by atoms with Crippen molar-refractivity contribution in [2.75, 3.05) is 27.2 Å². The van der Waals surface area contributed by atoms with Crippen molar-refractivity contribution in [2.45, 2.75) is 24.9 Å². The first-order valence-corrected chi connectivity index (χ1v) is 6.86. The second-order valence-corrected chi connectivity index (χ2v) is 5.56. The highest BCUT2D eigenvalue weighted by atomic mass is 15.2. The van der Waals surface area contributed by atoms with E-state index in [9.17, 15) is 0 Å². The van der Waals surface area contributed by atoms with Crippen molar-refractivity contribution in [1.29, 1.82) is 5.41 Å². The molecule has 0 aromatic heterocycles. The number of benzene rings is 1. The van der Waals surface area contributed by atoms with E-state index in [2.05, 4.69) is 48.2 Å². The Morgan fingerprint density at radius 2 is 2.11 bits per heavy atom. The summed E-state index contributed by atoms with van der Waals surface area (Å²) < 4.78 is 0. The van der Waals surface area contributed by atoms with Gasteiger partial charge in [0.25, 0.3) is 0 Å². The molecule has 0 bridgehead atoms. The van der Waals surface area contributed by atoms with Crippen molar-refractivity contribution < 1.29 is 0 Å². The first-order chi connectivity index (χ1) is 9.08. The lowest BCUT2D eigenvalue weighted by Crippen LogP contribution is -2.34. The molecule has 3 N–H and O–H groups in total. The second-order valence-electron chi connectivity index (χ2n) is 5.56. The highest BCUT2D eigenvalue weighted by Gasteiger charge is 2.30. The Balaban J connectivity index is 2.13. The van der Waals surface area contributed by atoms with E-state index in [4.69, 9.17) is 11.1 Å². The van der Waals surface area contributed by atoms with Gasteiger partial charge in [-0.05, 0) is 26.1 Å². The summed E-state index contributed by atoms with van der Waals surface area (Å²) in [6.45, 7) is 2.13. The van der Waals surface area contributed by atoms with Crippen LogP contribution in [0.15, 0.2) is 30.3 Å². The molecule has 2 unspecified atom stereocenters. The van der Waals surface area contributed by atoms with Gasteiger partial charge in [0.05, 0.1) is 5.84 Å². The van der Waals surface area contributed by atoms with Gasteiger partial charge >= 0.3 is 0 Å². The van der Waals surface area contributed by atoms with Crippen LogP contribution in [0.1, 0.15) is 24.4 Å². The molecule has 1 aromatic rings. The quantitative estimate of drug-likeness (QED) is 0.626. The normalized spacial score (nSPS) is 21.7. The highest BCUT2D eigenvalue weighted by molar-refractivity contribution is 5.77. The number of likely N-dealkylation sites (N-methyl/N-ethyl adjacent to an activating group) is 1. The van der Waals surface area contributed by atoms with E-state index in [1.807, 2.05) is 6.07 Å². The Hall–Kier alpha value is -1.39. The van der Waals surface area contributed by atoms with Gasteiger partial charge in [-0.2, -0.15) is 0 Å². The van der Waals surface area contributed by atoms with Crippen molar-refractivity contribution in [3.8, 4) is 0 Å². The van der Waals surface area contributed by atoms with Crippen LogP contribution in [0.25, 0.3) is 0 Å². The number of amidine groups is 1. The summed E-state index contributed by atoms with van der Waals surface area (Å²) in [6, 6.07) is 11.3. The predicted molar refractivity (Wildman–Crippen MR) is 79.4 cm³/mol. The van der Waals surface area contributed by atoms with Gasteiger partial charge in [-0.1, -0.05) is 30.3 Å². The maximum atomic E-state index is 7.61. The first-order valence-electron chi connectivity index (χ1n) is 6.86. The fraction of sp³-hybridized carbons (Fsp3) is 0.533. The predicted octanol–water partition coefficient (Wildman–Crippen LogP) is 1.69. The number of rotatable bonds is 5. The molecule has 2 rings (SSSR count). The lowest BCUT2D eigenvalue weighted by molar-refractivity contribution is 0.220. The lowest BCUT2D eigenvalue weighted by Gasteiger charge is -2.29. The molecule has 4 heteroatoms. The van der Waals surface area contributed by atoms with Gasteiger partial charge in [-0.25, -0.2) is 0 Å². The number of nitrogens with one attached hydrogen (secondary N) is 1. The van der Waals surface area contributed by atoms with Crippen molar-refractivity contribution in [1.82, 2.24) is 9.80 Å². The maximum absolute atomic E-state index is 7.61. The molecule has 0 aliphatic carbocycles. The fourth-order valence-electron chi connectivity index (χ4n) is 2.81. The van der Waals surface area contributed by atoms with E-state index in [1.165, 1.54) is 12.0 Å². The molecule has 0 radical (unpaired) electrons. The Kier molecular flexibility index (Phi) is 4.56. The van der Waals surface area contributed by atoms with E-state index in [0.29, 0.717) is 12.5 Å². The smallest absolute Gasteiger partial charge is 0.0924 e. The summed E-state index contributed by atoms with van der Waals surface area (Å²) >= 11 is 0. The molecule has 19 heavy (non-hydrogen) atoms. The van der Waals surface area contributed by atoms with Crippen LogP contribution in [0.3, 0.4) is 0 Å². The van der Waals surface area contributed by atoms with Crippen LogP contribution in [0.5, 0.6) is 0 Å². The van der Waals surface area contributed by atoms with Gasteiger partial charge in [0.1, 0.15) is 0 Å². The summed E-state index contributed by atoms with van der Waals surface area (Å²) in [5.74, 6) is 0.266. The largest absolute Gasteiger partial charge is 0.388 e. The minimum absolute atomic E-state index is 0.239. The van der Waals surface area contributed by atoms with Crippen molar-refractivity contribution >= 4 is 5.84 Å². The second kappa shape index (κ2) is 6.17. The average Bonchev–Trinajstić information content (AvgIpc) is 2.86. The van der Waals surface area contributed by atoms with Crippen LogP contribution in [0, 0.1) is 5.41 Å². The Labute approximate surface area is 115 Å². The number of likely N-dealkylation sites (tertiary alicyclic amines) is 1. The summed E-state index contributed by atoms with van der Waals surface area (Å²) in [4.78, 5) is 4.75. The number of hydrogen-bond donors (Lipinski definition) is 2. The standard InChI is InChI=1S/C15H24N4/c1-18(2)13-8-9-19(11-13)14(10-15(16)17)12-6-4-3-5-7-12/h3-7,13-14H,8-11H2,1-2H3,(H3,16,17). The molecule has 1 saturated heterocycles. The molecule has 0 spiro atoms. The van der Waals surface area contributed by atoms with Crippen LogP contribution in [0.2, 0.25) is 0 Å². The fourth-order valence-corrected chi connectivity index (χ4v) is 2.81. The van der Waals surface area contributed by atoms with Crippen LogP contribution < -0.4 is 5.73 Å². The van der Waals surface area contributed by atoms with Gasteiger partial charge < -0.3 is 10.6 Å². The minimum Gasteiger partial charge on any atom is -0.388 e. The van der Waals surface area contributed by atoms with E-state index in [0.717, 1.165) is 13.1 Å². The van der Waals surface area contributed by atoms with Crippen molar-refractivity contribution in [3.05, 3.63) is 35.9 Å². The van der Waals surface area contributed by atoms with E-state index in [-0.39, 0.29) is 11.9 Å². The molecule has 104 valence electrons. The molecule has 4 nitrogen and oxygen atoms in total. The lowest BCUT2D eigenvalue weighted by atomic mass is 10.0. The molecule has 1 aromatic carbocycles. The molecule has 2 atom stereocenters. The molecule has 1 aliphatic heterocycles. The molecule has 1 fully saturated rings. The van der Waals surface area contributed by atoms with Crippen molar-refractivity contribution in [2.24, 2.45) is 5.73 Å². The number of nitrogens with zero attached hydrogens (tertiary/aromatic N) is 2. The summed E-state index contributed by atoms with van der Waals surface area (Å²) in [5, 5.41) is 7.61. The van der Waals surface area contributed by atoms with Gasteiger partial charge in [-0.3, -0.25) is 10.3 Å². The molecular weight excluding hydrogens is 236 g/mol. The zero-order valence-electron chi connectivity index (χ0n) is 11.8. The third kappa shape index (κ3) is 3.55. The number of hydrogen-bond acceptors (Lipinski definition) is 3. The van der Waals surface area contributed by atoms with Gasteiger partial charge in [0, 0.05) is 31.6 Å². The number of nitrogens with two attached hydrogens (primary N) is 1. The van der Waals surface area contributed by atoms with Gasteiger partial charge in [-0.15, -0.1) is 0 Å². The monoisotopic (exact) mass is 260 g/mol. The molecule has 0 saturated carbocycles. The third-order valence-electron chi connectivity index (χ3n) is 3.96. The Morgan fingerprint density at radius 1 is 1.42 bits per heavy atom. The topological polar surface area (TPSA) is 56.4 Å². The molecule has 1 heterocycles. The Bertz CT molecular complexity index is 415.